The van der Waals surface area contributed by atoms with E-state index in [1.54, 1.807) is 0 Å². The third-order valence-electron chi connectivity index (χ3n) is 3.57. The third kappa shape index (κ3) is 1.26. The lowest BCUT2D eigenvalue weighted by Crippen LogP contribution is -1.94. The lowest BCUT2D eigenvalue weighted by atomic mass is 9.87. The van der Waals surface area contributed by atoms with Gasteiger partial charge in [0.15, 0.2) is 0 Å². The summed E-state index contributed by atoms with van der Waals surface area (Å²) in [7, 11) is 0. The van der Waals surface area contributed by atoms with E-state index < -0.39 is 0 Å². The molecule has 0 bridgehead atoms. The largest absolute Gasteiger partial charge is 0.0616 e. The van der Waals surface area contributed by atoms with E-state index in [4.69, 9.17) is 0 Å². The molecule has 0 saturated carbocycles. The predicted octanol–water partition coefficient (Wildman–Crippen LogP) is 4.79. The van der Waals surface area contributed by atoms with Crippen molar-refractivity contribution in [2.75, 3.05) is 0 Å². The van der Waals surface area contributed by atoms with Crippen LogP contribution in [0.25, 0.3) is 34.1 Å². The zero-order valence-corrected chi connectivity index (χ0v) is 9.85. The topological polar surface area (TPSA) is 0 Å². The van der Waals surface area contributed by atoms with Crippen molar-refractivity contribution in [1.29, 1.82) is 0 Å². The second-order valence-corrected chi connectivity index (χ2v) is 4.58. The Morgan fingerprint density at radius 1 is 0.722 bits per heavy atom. The Labute approximate surface area is 106 Å². The van der Waals surface area contributed by atoms with Crippen molar-refractivity contribution >= 4 is 22.9 Å². The fourth-order valence-corrected chi connectivity index (χ4v) is 2.61. The minimum absolute atomic E-state index is 1.22. The molecule has 0 saturated heterocycles. The number of hydrogen-bond donors (Lipinski definition) is 0. The first-order valence-electron chi connectivity index (χ1n) is 6.14. The zero-order chi connectivity index (χ0) is 11.9. The van der Waals surface area contributed by atoms with E-state index in [1.165, 1.54) is 33.0 Å². The molecule has 0 spiro atoms. The van der Waals surface area contributed by atoms with Crippen molar-refractivity contribution in [2.24, 2.45) is 0 Å². The Balaban J connectivity index is 2.07. The van der Waals surface area contributed by atoms with Crippen molar-refractivity contribution < 1.29 is 0 Å². The van der Waals surface area contributed by atoms with Gasteiger partial charge in [-0.2, -0.15) is 0 Å². The average Bonchev–Trinajstić information content (AvgIpc) is 2.39. The Morgan fingerprint density at radius 3 is 2.50 bits per heavy atom. The van der Waals surface area contributed by atoms with Gasteiger partial charge in [-0.15, -0.1) is 0 Å². The summed E-state index contributed by atoms with van der Waals surface area (Å²) in [4.78, 5) is 0. The lowest BCUT2D eigenvalue weighted by Gasteiger charge is -2.16. The molecule has 4 rings (SSSR count). The molecule has 1 radical (unpaired) electrons. The van der Waals surface area contributed by atoms with Gasteiger partial charge < -0.3 is 0 Å². The Morgan fingerprint density at radius 2 is 1.61 bits per heavy atom. The van der Waals surface area contributed by atoms with Crippen molar-refractivity contribution in [3.05, 3.63) is 71.8 Å². The van der Waals surface area contributed by atoms with Gasteiger partial charge in [-0.3, -0.25) is 0 Å². The van der Waals surface area contributed by atoms with Crippen LogP contribution in [0.1, 0.15) is 11.1 Å². The summed E-state index contributed by atoms with van der Waals surface area (Å²) in [5.74, 6) is 0. The highest BCUT2D eigenvalue weighted by molar-refractivity contribution is 6.02. The van der Waals surface area contributed by atoms with Gasteiger partial charge in [-0.1, -0.05) is 66.7 Å². The van der Waals surface area contributed by atoms with Crippen LogP contribution in [0.3, 0.4) is 0 Å². The van der Waals surface area contributed by atoms with Crippen molar-refractivity contribution in [3.8, 4) is 11.1 Å². The van der Waals surface area contributed by atoms with E-state index in [2.05, 4.69) is 66.7 Å². The summed E-state index contributed by atoms with van der Waals surface area (Å²) in [6.07, 6.45) is 4.28. The normalized spacial score (nSPS) is 12.2. The van der Waals surface area contributed by atoms with E-state index in [0.717, 1.165) is 0 Å². The number of benzene rings is 3. The van der Waals surface area contributed by atoms with Crippen molar-refractivity contribution in [1.82, 2.24) is 0 Å². The molecule has 0 N–H and O–H groups in total. The highest BCUT2D eigenvalue weighted by Crippen LogP contribution is 2.36. The molecule has 0 aromatic heterocycles. The van der Waals surface area contributed by atoms with Crippen LogP contribution in [-0.4, -0.2) is 0 Å². The highest BCUT2D eigenvalue weighted by atomic mass is 14.2. The number of fused-ring (bicyclic) bond motifs is 2. The van der Waals surface area contributed by atoms with Gasteiger partial charge in [0.25, 0.3) is 0 Å². The van der Waals surface area contributed by atoms with Crippen molar-refractivity contribution in [3.63, 3.8) is 0 Å². The first-order valence-corrected chi connectivity index (χ1v) is 6.14. The summed E-state index contributed by atoms with van der Waals surface area (Å²) in [5.41, 5.74) is 5.15. The van der Waals surface area contributed by atoms with Gasteiger partial charge >= 0.3 is 0 Å². The smallest absolute Gasteiger partial charge is 0.00987 e. The summed E-state index contributed by atoms with van der Waals surface area (Å²) in [6, 6.07) is 22.5. The minimum Gasteiger partial charge on any atom is -0.0616 e. The summed E-state index contributed by atoms with van der Waals surface area (Å²) >= 11 is 0. The standard InChI is InChI=1S/C18H11/c1-2-8-15-13(5-1)6-3-9-17(15)18-10-4-7-14-11-12-16(14)18/h1-6,8-12H. The molecule has 18 heavy (non-hydrogen) atoms. The highest BCUT2D eigenvalue weighted by Gasteiger charge is 2.13. The molecule has 0 heteroatoms. The Kier molecular flexibility index (Phi) is 1.92. The van der Waals surface area contributed by atoms with Crippen LogP contribution < -0.4 is 0 Å². The predicted molar refractivity (Wildman–Crippen MR) is 77.1 cm³/mol. The molecule has 0 atom stereocenters. The Bertz CT molecular complexity index is 774. The molecule has 0 nitrogen and oxygen atoms in total. The van der Waals surface area contributed by atoms with Gasteiger partial charge in [0.05, 0.1) is 0 Å². The van der Waals surface area contributed by atoms with Gasteiger partial charge in [0.2, 0.25) is 0 Å². The SMILES string of the molecule is [c]1ccc(-c2cccc3ccccc23)c2c1C=C2. The first-order chi connectivity index (χ1) is 8.93. The zero-order valence-electron chi connectivity index (χ0n) is 9.85. The van der Waals surface area contributed by atoms with Crippen LogP contribution >= 0.6 is 0 Å². The number of hydrogen-bond acceptors (Lipinski definition) is 0. The second-order valence-electron chi connectivity index (χ2n) is 4.58. The summed E-state index contributed by atoms with van der Waals surface area (Å²) in [6.45, 7) is 0. The van der Waals surface area contributed by atoms with Crippen LogP contribution in [0.15, 0.2) is 54.6 Å². The monoisotopic (exact) mass is 227 g/mol. The maximum atomic E-state index is 3.26. The fraction of sp³-hybridized carbons (Fsp3) is 0. The van der Waals surface area contributed by atoms with Crippen LogP contribution in [0.2, 0.25) is 0 Å². The molecule has 83 valence electrons. The molecule has 0 aliphatic heterocycles. The van der Waals surface area contributed by atoms with E-state index in [9.17, 15) is 0 Å². The molecular formula is C18H11. The first kappa shape index (κ1) is 9.67. The lowest BCUT2D eigenvalue weighted by molar-refractivity contribution is 1.55. The minimum atomic E-state index is 1.22. The molecule has 1 aliphatic carbocycles. The van der Waals surface area contributed by atoms with Gasteiger partial charge in [-0.05, 0) is 39.1 Å². The third-order valence-corrected chi connectivity index (χ3v) is 3.57. The van der Waals surface area contributed by atoms with E-state index in [0.29, 0.717) is 0 Å². The molecule has 0 amide bonds. The molecule has 3 aromatic rings. The quantitative estimate of drug-likeness (QED) is 0.438. The van der Waals surface area contributed by atoms with Gasteiger partial charge in [0, 0.05) is 0 Å². The maximum absolute atomic E-state index is 3.26. The number of rotatable bonds is 1. The van der Waals surface area contributed by atoms with Crippen LogP contribution in [0, 0.1) is 6.07 Å². The second kappa shape index (κ2) is 3.58. The molecule has 3 aromatic carbocycles. The Hall–Kier alpha value is -2.34. The van der Waals surface area contributed by atoms with Crippen LogP contribution in [-0.2, 0) is 0 Å². The fourth-order valence-electron chi connectivity index (χ4n) is 2.61. The average molecular weight is 227 g/mol. The molecular weight excluding hydrogens is 216 g/mol. The molecule has 0 fully saturated rings. The summed E-state index contributed by atoms with van der Waals surface area (Å²) in [5, 5.41) is 2.61. The molecule has 0 heterocycles. The molecule has 0 unspecified atom stereocenters. The van der Waals surface area contributed by atoms with Gasteiger partial charge in [-0.25, -0.2) is 0 Å². The van der Waals surface area contributed by atoms with Crippen LogP contribution in [0.5, 0.6) is 0 Å². The summed E-state index contributed by atoms with van der Waals surface area (Å²) < 4.78 is 0. The van der Waals surface area contributed by atoms with E-state index in [1.807, 2.05) is 6.07 Å². The maximum Gasteiger partial charge on any atom is -0.00987 e. The van der Waals surface area contributed by atoms with Crippen LogP contribution in [0.4, 0.5) is 0 Å². The van der Waals surface area contributed by atoms with Crippen molar-refractivity contribution in [2.45, 2.75) is 0 Å². The van der Waals surface area contributed by atoms with E-state index in [-0.39, 0.29) is 0 Å². The van der Waals surface area contributed by atoms with Gasteiger partial charge in [0.1, 0.15) is 0 Å². The van der Waals surface area contributed by atoms with E-state index >= 15 is 0 Å². The molecule has 1 aliphatic rings.